The number of imide groups is 1. The summed E-state index contributed by atoms with van der Waals surface area (Å²) in [5.74, 6) is -0.146. The summed E-state index contributed by atoms with van der Waals surface area (Å²) in [5, 5.41) is 5.57. The normalized spacial score (nSPS) is 19.6. The first-order valence-corrected chi connectivity index (χ1v) is 8.35. The monoisotopic (exact) mass is 375 g/mol. The van der Waals surface area contributed by atoms with Crippen LogP contribution in [0.1, 0.15) is 24.0 Å². The highest BCUT2D eigenvalue weighted by molar-refractivity contribution is 6.33. The van der Waals surface area contributed by atoms with E-state index in [1.807, 2.05) is 6.92 Å². The Morgan fingerprint density at radius 2 is 2.00 bits per heavy atom. The molecule has 0 aliphatic carbocycles. The number of carbonyl (C=O) groups is 3. The second-order valence-electron chi connectivity index (χ2n) is 6.39. The molecule has 0 saturated carbocycles. The van der Waals surface area contributed by atoms with Crippen LogP contribution in [0.3, 0.4) is 0 Å². The summed E-state index contributed by atoms with van der Waals surface area (Å²) in [6.45, 7) is 4.73. The number of rotatable bonds is 4. The Hall–Kier alpha value is -2.80. The van der Waals surface area contributed by atoms with Gasteiger partial charge in [-0.15, -0.1) is 0 Å². The molecule has 136 valence electrons. The predicted molar refractivity (Wildman–Crippen MR) is 95.9 cm³/mol. The SMILES string of the molecule is Cc1ccc(NC(=O)CN2C(=O)N[C@@](C)(c3ccc(C)o3)C2=O)c(Cl)c1. The van der Waals surface area contributed by atoms with E-state index >= 15 is 0 Å². The van der Waals surface area contributed by atoms with Gasteiger partial charge in [-0.2, -0.15) is 0 Å². The van der Waals surface area contributed by atoms with E-state index in [-0.39, 0.29) is 0 Å². The summed E-state index contributed by atoms with van der Waals surface area (Å²) < 4.78 is 5.48. The molecule has 7 nitrogen and oxygen atoms in total. The van der Waals surface area contributed by atoms with E-state index in [4.69, 9.17) is 16.0 Å². The fourth-order valence-corrected chi connectivity index (χ4v) is 3.05. The van der Waals surface area contributed by atoms with Crippen LogP contribution in [0.5, 0.6) is 0 Å². The van der Waals surface area contributed by atoms with Crippen molar-refractivity contribution in [2.75, 3.05) is 11.9 Å². The number of hydrogen-bond acceptors (Lipinski definition) is 4. The van der Waals surface area contributed by atoms with E-state index in [1.54, 1.807) is 44.2 Å². The van der Waals surface area contributed by atoms with Crippen LogP contribution in [-0.2, 0) is 15.1 Å². The molecule has 3 rings (SSSR count). The van der Waals surface area contributed by atoms with Crippen LogP contribution >= 0.6 is 11.6 Å². The maximum atomic E-state index is 12.7. The quantitative estimate of drug-likeness (QED) is 0.803. The first kappa shape index (κ1) is 18.0. The van der Waals surface area contributed by atoms with Crippen LogP contribution in [-0.4, -0.2) is 29.3 Å². The number of nitrogens with zero attached hydrogens (tertiary/aromatic N) is 1. The Bertz CT molecular complexity index is 908. The molecule has 0 spiro atoms. The van der Waals surface area contributed by atoms with Crippen molar-refractivity contribution in [1.82, 2.24) is 10.2 Å². The van der Waals surface area contributed by atoms with Crippen molar-refractivity contribution in [1.29, 1.82) is 0 Å². The largest absolute Gasteiger partial charge is 0.463 e. The average molecular weight is 376 g/mol. The van der Waals surface area contributed by atoms with Gasteiger partial charge in [0.1, 0.15) is 18.1 Å². The molecule has 4 amide bonds. The van der Waals surface area contributed by atoms with Gasteiger partial charge >= 0.3 is 6.03 Å². The lowest BCUT2D eigenvalue weighted by molar-refractivity contribution is -0.134. The number of furan rings is 1. The van der Waals surface area contributed by atoms with E-state index in [9.17, 15) is 14.4 Å². The van der Waals surface area contributed by atoms with E-state index < -0.39 is 29.9 Å². The number of aryl methyl sites for hydroxylation is 2. The summed E-state index contributed by atoms with van der Waals surface area (Å²) in [5.41, 5.74) is 0.0259. The number of amides is 4. The molecule has 26 heavy (non-hydrogen) atoms. The lowest BCUT2D eigenvalue weighted by Crippen LogP contribution is -2.41. The molecule has 8 heteroatoms. The van der Waals surface area contributed by atoms with Gasteiger partial charge in [0.2, 0.25) is 5.91 Å². The van der Waals surface area contributed by atoms with Crippen molar-refractivity contribution in [2.45, 2.75) is 26.3 Å². The number of urea groups is 1. The first-order chi connectivity index (χ1) is 12.2. The Morgan fingerprint density at radius 1 is 1.27 bits per heavy atom. The fourth-order valence-electron chi connectivity index (χ4n) is 2.77. The van der Waals surface area contributed by atoms with Crippen molar-refractivity contribution in [3.8, 4) is 0 Å². The van der Waals surface area contributed by atoms with E-state index in [0.717, 1.165) is 10.5 Å². The maximum absolute atomic E-state index is 12.7. The minimum atomic E-state index is -1.34. The van der Waals surface area contributed by atoms with Crippen molar-refractivity contribution in [3.63, 3.8) is 0 Å². The third-order valence-corrected chi connectivity index (χ3v) is 4.52. The third-order valence-electron chi connectivity index (χ3n) is 4.21. The van der Waals surface area contributed by atoms with Crippen LogP contribution in [0.4, 0.5) is 10.5 Å². The summed E-state index contributed by atoms with van der Waals surface area (Å²) in [6, 6.07) is 7.85. The molecule has 2 N–H and O–H groups in total. The van der Waals surface area contributed by atoms with Crippen molar-refractivity contribution >= 4 is 35.1 Å². The molecule has 1 saturated heterocycles. The highest BCUT2D eigenvalue weighted by atomic mass is 35.5. The van der Waals surface area contributed by atoms with Crippen molar-refractivity contribution in [2.24, 2.45) is 0 Å². The number of anilines is 1. The van der Waals surface area contributed by atoms with E-state index in [1.165, 1.54) is 0 Å². The molecule has 0 unspecified atom stereocenters. The van der Waals surface area contributed by atoms with Gasteiger partial charge < -0.3 is 15.1 Å². The van der Waals surface area contributed by atoms with Gasteiger partial charge in [-0.1, -0.05) is 17.7 Å². The van der Waals surface area contributed by atoms with Crippen molar-refractivity contribution in [3.05, 3.63) is 52.4 Å². The third kappa shape index (κ3) is 3.17. The number of hydrogen-bond donors (Lipinski definition) is 2. The minimum absolute atomic E-state index is 0.317. The molecular weight excluding hydrogens is 358 g/mol. The molecule has 1 aromatic carbocycles. The molecule has 1 aromatic heterocycles. The van der Waals surface area contributed by atoms with Gasteiger partial charge in [0.15, 0.2) is 5.54 Å². The predicted octanol–water partition coefficient (Wildman–Crippen LogP) is 2.96. The Balaban J connectivity index is 1.74. The van der Waals surface area contributed by atoms with Gasteiger partial charge in [0.05, 0.1) is 10.7 Å². The smallest absolute Gasteiger partial charge is 0.325 e. The van der Waals surface area contributed by atoms with Gasteiger partial charge in [0.25, 0.3) is 5.91 Å². The lowest BCUT2D eigenvalue weighted by atomic mass is 9.99. The summed E-state index contributed by atoms with van der Waals surface area (Å²) in [4.78, 5) is 38.1. The number of benzene rings is 1. The van der Waals surface area contributed by atoms with Crippen LogP contribution in [0.25, 0.3) is 0 Å². The molecule has 0 bridgehead atoms. The lowest BCUT2D eigenvalue weighted by Gasteiger charge is -2.19. The molecule has 0 radical (unpaired) electrons. The second kappa shape index (κ2) is 6.49. The first-order valence-electron chi connectivity index (χ1n) is 7.98. The number of carbonyl (C=O) groups excluding carboxylic acids is 3. The highest BCUT2D eigenvalue weighted by Gasteiger charge is 2.51. The average Bonchev–Trinajstić information content (AvgIpc) is 3.09. The Kier molecular flexibility index (Phi) is 4.50. The molecule has 1 aliphatic rings. The number of nitrogens with one attached hydrogen (secondary N) is 2. The molecule has 1 atom stereocenters. The fraction of sp³-hybridized carbons (Fsp3) is 0.278. The van der Waals surface area contributed by atoms with Crippen molar-refractivity contribution < 1.29 is 18.8 Å². The maximum Gasteiger partial charge on any atom is 0.325 e. The van der Waals surface area contributed by atoms with Gasteiger partial charge in [-0.05, 0) is 50.6 Å². The summed E-state index contributed by atoms with van der Waals surface area (Å²) in [7, 11) is 0. The molecule has 1 aliphatic heterocycles. The zero-order valence-corrected chi connectivity index (χ0v) is 15.3. The molecule has 1 fully saturated rings. The van der Waals surface area contributed by atoms with Gasteiger partial charge in [-0.3, -0.25) is 14.5 Å². The van der Waals surface area contributed by atoms with Crippen LogP contribution < -0.4 is 10.6 Å². The zero-order chi connectivity index (χ0) is 19.1. The summed E-state index contributed by atoms with van der Waals surface area (Å²) in [6.07, 6.45) is 0. The van der Waals surface area contributed by atoms with E-state index in [0.29, 0.717) is 22.2 Å². The topological polar surface area (TPSA) is 91.7 Å². The van der Waals surface area contributed by atoms with Gasteiger partial charge in [0, 0.05) is 0 Å². The highest BCUT2D eigenvalue weighted by Crippen LogP contribution is 2.30. The minimum Gasteiger partial charge on any atom is -0.463 e. The van der Waals surface area contributed by atoms with E-state index in [2.05, 4.69) is 10.6 Å². The summed E-state index contributed by atoms with van der Waals surface area (Å²) >= 11 is 6.09. The Morgan fingerprint density at radius 3 is 2.62 bits per heavy atom. The second-order valence-corrected chi connectivity index (χ2v) is 6.80. The zero-order valence-electron chi connectivity index (χ0n) is 14.6. The van der Waals surface area contributed by atoms with Crippen LogP contribution in [0.2, 0.25) is 5.02 Å². The Labute approximate surface area is 155 Å². The van der Waals surface area contributed by atoms with Crippen LogP contribution in [0.15, 0.2) is 34.7 Å². The van der Waals surface area contributed by atoms with Gasteiger partial charge in [-0.25, -0.2) is 4.79 Å². The molecule has 2 heterocycles. The van der Waals surface area contributed by atoms with Crippen LogP contribution in [0, 0.1) is 13.8 Å². The molecular formula is C18H18ClN3O4. The number of halogens is 1. The standard InChI is InChI=1S/C18H18ClN3O4/c1-10-4-6-13(12(19)8-10)20-15(23)9-22-16(24)18(3,21-17(22)25)14-7-5-11(2)26-14/h4-8H,9H2,1-3H3,(H,20,23)(H,21,25)/t18-/m0/s1. The molecule has 2 aromatic rings.